The number of nitrogens with one attached hydrogen (secondary N) is 2. The molecule has 0 aromatic heterocycles. The van der Waals surface area contributed by atoms with Crippen LogP contribution in [0.25, 0.3) is 0 Å². The van der Waals surface area contributed by atoms with Crippen LogP contribution in [0.4, 0.5) is 17.1 Å². The molecular weight excluding hydrogens is 448 g/mol. The van der Waals surface area contributed by atoms with E-state index in [1.165, 1.54) is 42.6 Å². The molecule has 0 spiro atoms. The highest BCUT2D eigenvalue weighted by molar-refractivity contribution is 7.92. The smallest absolute Gasteiger partial charge is 0.295 e. The number of phenols is 2. The average Bonchev–Trinajstić information content (AvgIpc) is 2.69. The molecule has 12 heteroatoms. The molecule has 3 aromatic rings. The van der Waals surface area contributed by atoms with Gasteiger partial charge in [0.2, 0.25) is 0 Å². The van der Waals surface area contributed by atoms with E-state index in [9.17, 15) is 28.7 Å². The van der Waals surface area contributed by atoms with Gasteiger partial charge >= 0.3 is 0 Å². The highest BCUT2D eigenvalue weighted by atomic mass is 35.5. The Hall–Kier alpha value is -3.83. The molecule has 3 aromatic carbocycles. The molecule has 0 aliphatic carbocycles. The first-order valence-electron chi connectivity index (χ1n) is 8.53. The second-order valence-electron chi connectivity index (χ2n) is 6.17. The third kappa shape index (κ3) is 5.41. The molecule has 0 aliphatic heterocycles. The van der Waals surface area contributed by atoms with Gasteiger partial charge in [0.1, 0.15) is 17.2 Å². The molecule has 31 heavy (non-hydrogen) atoms. The normalized spacial score (nSPS) is 11.4. The number of nitrogens with zero attached hydrogens (tertiary/aromatic N) is 2. The fourth-order valence-corrected chi connectivity index (χ4v) is 3.76. The summed E-state index contributed by atoms with van der Waals surface area (Å²) in [5.74, 6) is -0.380. The molecule has 0 unspecified atom stereocenters. The van der Waals surface area contributed by atoms with E-state index in [0.717, 1.165) is 12.1 Å². The first-order valence-corrected chi connectivity index (χ1v) is 10.4. The minimum Gasteiger partial charge on any atom is -0.508 e. The lowest BCUT2D eigenvalue weighted by molar-refractivity contribution is -0.384. The number of hydrogen-bond acceptors (Lipinski definition) is 8. The summed E-state index contributed by atoms with van der Waals surface area (Å²) in [5.41, 5.74) is 2.30. The Balaban J connectivity index is 1.85. The van der Waals surface area contributed by atoms with Gasteiger partial charge in [0.05, 0.1) is 21.7 Å². The fourth-order valence-electron chi connectivity index (χ4n) is 2.50. The summed E-state index contributed by atoms with van der Waals surface area (Å²) in [6, 6.07) is 13.1. The van der Waals surface area contributed by atoms with Crippen LogP contribution in [-0.4, -0.2) is 29.8 Å². The third-order valence-corrected chi connectivity index (χ3v) is 5.57. The minimum absolute atomic E-state index is 0.0683. The SMILES string of the molecule is O=[N+]([O-])c1cc(S(=O)(=O)Nc2cccc(Cl)c2)ccc1NN=Cc1ccc(O)cc1O. The second kappa shape index (κ2) is 8.90. The van der Waals surface area contributed by atoms with Gasteiger partial charge in [-0.05, 0) is 42.5 Å². The Morgan fingerprint density at radius 3 is 2.52 bits per heavy atom. The van der Waals surface area contributed by atoms with Crippen LogP contribution in [-0.2, 0) is 10.0 Å². The van der Waals surface area contributed by atoms with Crippen molar-refractivity contribution in [2.45, 2.75) is 4.90 Å². The molecule has 0 radical (unpaired) electrons. The van der Waals surface area contributed by atoms with Gasteiger partial charge in [0.25, 0.3) is 15.7 Å². The largest absolute Gasteiger partial charge is 0.508 e. The summed E-state index contributed by atoms with van der Waals surface area (Å²) >= 11 is 5.84. The van der Waals surface area contributed by atoms with E-state index >= 15 is 0 Å². The summed E-state index contributed by atoms with van der Waals surface area (Å²) in [5, 5.41) is 34.6. The standard InChI is InChI=1S/C19H15ClN4O6S/c20-13-2-1-3-14(8-13)23-31(29,30)16-6-7-17(18(10-16)24(27)28)22-21-11-12-4-5-15(25)9-19(12)26/h1-11,22-23,25-26H. The van der Waals surface area contributed by atoms with Crippen molar-refractivity contribution in [1.29, 1.82) is 0 Å². The van der Waals surface area contributed by atoms with Gasteiger partial charge in [0, 0.05) is 22.7 Å². The fraction of sp³-hybridized carbons (Fsp3) is 0. The van der Waals surface area contributed by atoms with Gasteiger partial charge in [0.15, 0.2) is 0 Å². The number of nitro benzene ring substituents is 1. The number of nitro groups is 1. The zero-order chi connectivity index (χ0) is 22.6. The molecule has 0 saturated carbocycles. The van der Waals surface area contributed by atoms with E-state index in [-0.39, 0.29) is 33.3 Å². The molecule has 0 bridgehead atoms. The number of anilines is 2. The van der Waals surface area contributed by atoms with Crippen molar-refractivity contribution in [3.63, 3.8) is 0 Å². The van der Waals surface area contributed by atoms with Crippen LogP contribution in [0.2, 0.25) is 5.02 Å². The minimum atomic E-state index is -4.11. The van der Waals surface area contributed by atoms with E-state index < -0.39 is 20.6 Å². The van der Waals surface area contributed by atoms with Crippen molar-refractivity contribution >= 4 is 44.9 Å². The Bertz CT molecular complexity index is 1280. The lowest BCUT2D eigenvalue weighted by atomic mass is 10.2. The van der Waals surface area contributed by atoms with Crippen molar-refractivity contribution in [2.75, 3.05) is 10.1 Å². The van der Waals surface area contributed by atoms with Gasteiger partial charge in [-0.25, -0.2) is 8.42 Å². The predicted molar refractivity (Wildman–Crippen MR) is 116 cm³/mol. The van der Waals surface area contributed by atoms with Crippen LogP contribution < -0.4 is 10.1 Å². The zero-order valence-corrected chi connectivity index (χ0v) is 17.1. The maximum atomic E-state index is 12.6. The molecule has 0 aliphatic rings. The Morgan fingerprint density at radius 1 is 1.06 bits per heavy atom. The Kier molecular flexibility index (Phi) is 6.28. The highest BCUT2D eigenvalue weighted by Crippen LogP contribution is 2.29. The monoisotopic (exact) mass is 462 g/mol. The number of sulfonamides is 1. The summed E-state index contributed by atoms with van der Waals surface area (Å²) in [7, 11) is -4.11. The topological polar surface area (TPSA) is 154 Å². The number of hydrazone groups is 1. The molecule has 0 fully saturated rings. The van der Waals surface area contributed by atoms with E-state index in [0.29, 0.717) is 5.02 Å². The lowest BCUT2D eigenvalue weighted by Crippen LogP contribution is -2.13. The summed E-state index contributed by atoms with van der Waals surface area (Å²) in [6.07, 6.45) is 1.18. The number of halogens is 1. The van der Waals surface area contributed by atoms with Crippen LogP contribution in [0.3, 0.4) is 0 Å². The van der Waals surface area contributed by atoms with Gasteiger partial charge in [-0.1, -0.05) is 17.7 Å². The van der Waals surface area contributed by atoms with E-state index in [1.807, 2.05) is 0 Å². The molecule has 0 atom stereocenters. The molecule has 4 N–H and O–H groups in total. The van der Waals surface area contributed by atoms with Gasteiger partial charge in [-0.2, -0.15) is 5.10 Å². The highest BCUT2D eigenvalue weighted by Gasteiger charge is 2.21. The molecule has 0 saturated heterocycles. The van der Waals surface area contributed by atoms with E-state index in [1.54, 1.807) is 12.1 Å². The van der Waals surface area contributed by atoms with Crippen LogP contribution >= 0.6 is 11.6 Å². The molecule has 0 amide bonds. The van der Waals surface area contributed by atoms with Crippen LogP contribution in [0.15, 0.2) is 70.7 Å². The van der Waals surface area contributed by atoms with Crippen LogP contribution in [0.1, 0.15) is 5.56 Å². The number of hydrogen-bond donors (Lipinski definition) is 4. The number of rotatable bonds is 7. The zero-order valence-electron chi connectivity index (χ0n) is 15.6. The molecule has 0 heterocycles. The predicted octanol–water partition coefficient (Wildman–Crippen LogP) is 3.91. The molecule has 160 valence electrons. The number of aromatic hydroxyl groups is 2. The second-order valence-corrected chi connectivity index (χ2v) is 8.28. The first kappa shape index (κ1) is 21.9. The van der Waals surface area contributed by atoms with Gasteiger partial charge < -0.3 is 10.2 Å². The molecule has 10 nitrogen and oxygen atoms in total. The lowest BCUT2D eigenvalue weighted by Gasteiger charge is -2.09. The van der Waals surface area contributed by atoms with E-state index in [2.05, 4.69) is 15.2 Å². The first-order chi connectivity index (χ1) is 14.7. The van der Waals surface area contributed by atoms with Crippen molar-refractivity contribution in [1.82, 2.24) is 0 Å². The van der Waals surface area contributed by atoms with Gasteiger partial charge in [-0.15, -0.1) is 0 Å². The summed E-state index contributed by atoms with van der Waals surface area (Å²) < 4.78 is 27.5. The van der Waals surface area contributed by atoms with Crippen LogP contribution in [0.5, 0.6) is 11.5 Å². The van der Waals surface area contributed by atoms with Crippen molar-refractivity contribution in [3.05, 3.63) is 81.4 Å². The Labute approximate surface area is 181 Å². The van der Waals surface area contributed by atoms with Crippen molar-refractivity contribution < 1.29 is 23.6 Å². The van der Waals surface area contributed by atoms with Crippen molar-refractivity contribution in [2.24, 2.45) is 5.10 Å². The average molecular weight is 463 g/mol. The van der Waals surface area contributed by atoms with E-state index in [4.69, 9.17) is 11.6 Å². The third-order valence-electron chi connectivity index (χ3n) is 3.96. The van der Waals surface area contributed by atoms with Crippen LogP contribution in [0, 0.1) is 10.1 Å². The number of phenolic OH excluding ortho intramolecular Hbond substituents is 2. The quantitative estimate of drug-likeness (QED) is 0.236. The maximum Gasteiger partial charge on any atom is 0.295 e. The summed E-state index contributed by atoms with van der Waals surface area (Å²) in [6.45, 7) is 0. The summed E-state index contributed by atoms with van der Waals surface area (Å²) in [4.78, 5) is 10.4. The maximum absolute atomic E-state index is 12.6. The molecular formula is C19H15ClN4O6S. The van der Waals surface area contributed by atoms with Crippen molar-refractivity contribution in [3.8, 4) is 11.5 Å². The van der Waals surface area contributed by atoms with Gasteiger partial charge in [-0.3, -0.25) is 20.3 Å². The number of benzene rings is 3. The molecule has 3 rings (SSSR count). The Morgan fingerprint density at radius 2 is 1.84 bits per heavy atom.